The summed E-state index contributed by atoms with van der Waals surface area (Å²) in [5, 5.41) is 5.46. The Bertz CT molecular complexity index is 873. The molecule has 1 saturated heterocycles. The molecule has 0 unspecified atom stereocenters. The Labute approximate surface area is 164 Å². The zero-order chi connectivity index (χ0) is 19.9. The Morgan fingerprint density at radius 1 is 0.929 bits per heavy atom. The predicted molar refractivity (Wildman–Crippen MR) is 107 cm³/mol. The third-order valence-electron chi connectivity index (χ3n) is 4.58. The number of aromatic nitrogens is 1. The second-order valence-corrected chi connectivity index (χ2v) is 6.85. The van der Waals surface area contributed by atoms with Crippen molar-refractivity contribution >= 4 is 29.1 Å². The van der Waals surface area contributed by atoms with E-state index >= 15 is 0 Å². The monoisotopic (exact) mass is 380 g/mol. The Balaban J connectivity index is 1.71. The molecule has 7 nitrogen and oxygen atoms in total. The number of carbonyl (C=O) groups is 3. The first-order valence-electron chi connectivity index (χ1n) is 9.47. The SMILES string of the molecule is CC(=O)Nc1cccc(NC(=O)c2ccnc(C(=O)N3CCCCCC3)c2)c1. The number of likely N-dealkylation sites (tertiary alicyclic amines) is 1. The van der Waals surface area contributed by atoms with Gasteiger partial charge in [-0.05, 0) is 43.2 Å². The van der Waals surface area contributed by atoms with E-state index < -0.39 is 0 Å². The number of rotatable bonds is 4. The molecule has 7 heteroatoms. The van der Waals surface area contributed by atoms with E-state index in [1.54, 1.807) is 30.3 Å². The van der Waals surface area contributed by atoms with Gasteiger partial charge in [-0.1, -0.05) is 18.9 Å². The minimum absolute atomic E-state index is 0.135. The molecule has 3 amide bonds. The van der Waals surface area contributed by atoms with Crippen LogP contribution in [0.4, 0.5) is 11.4 Å². The molecule has 1 aromatic heterocycles. The van der Waals surface area contributed by atoms with Crippen LogP contribution in [0.5, 0.6) is 0 Å². The van der Waals surface area contributed by atoms with E-state index in [-0.39, 0.29) is 23.4 Å². The smallest absolute Gasteiger partial charge is 0.272 e. The van der Waals surface area contributed by atoms with Crippen molar-refractivity contribution in [3.05, 3.63) is 53.9 Å². The van der Waals surface area contributed by atoms with Gasteiger partial charge in [0.05, 0.1) is 0 Å². The fraction of sp³-hybridized carbons (Fsp3) is 0.333. The first-order chi connectivity index (χ1) is 13.5. The Hall–Kier alpha value is -3.22. The number of pyridine rings is 1. The number of hydrogen-bond acceptors (Lipinski definition) is 4. The molecular weight excluding hydrogens is 356 g/mol. The summed E-state index contributed by atoms with van der Waals surface area (Å²) in [6.07, 6.45) is 5.75. The van der Waals surface area contributed by atoms with Crippen molar-refractivity contribution in [3.63, 3.8) is 0 Å². The van der Waals surface area contributed by atoms with E-state index in [1.807, 2.05) is 4.90 Å². The molecule has 3 rings (SSSR count). The summed E-state index contributed by atoms with van der Waals surface area (Å²) in [4.78, 5) is 42.5. The van der Waals surface area contributed by atoms with Crippen LogP contribution in [0.3, 0.4) is 0 Å². The summed E-state index contributed by atoms with van der Waals surface area (Å²) in [5.74, 6) is -0.661. The lowest BCUT2D eigenvalue weighted by atomic mass is 10.2. The van der Waals surface area contributed by atoms with Crippen molar-refractivity contribution in [2.24, 2.45) is 0 Å². The lowest BCUT2D eigenvalue weighted by Crippen LogP contribution is -2.32. The standard InChI is InChI=1S/C21H24N4O3/c1-15(26)23-17-7-6-8-18(14-17)24-20(27)16-9-10-22-19(13-16)21(28)25-11-4-2-3-5-12-25/h6-10,13-14H,2-5,11-12H2,1H3,(H,23,26)(H,24,27). The highest BCUT2D eigenvalue weighted by atomic mass is 16.2. The highest BCUT2D eigenvalue weighted by molar-refractivity contribution is 6.06. The fourth-order valence-corrected chi connectivity index (χ4v) is 3.21. The predicted octanol–water partition coefficient (Wildman–Crippen LogP) is 3.31. The molecule has 0 atom stereocenters. The van der Waals surface area contributed by atoms with E-state index in [9.17, 15) is 14.4 Å². The summed E-state index contributed by atoms with van der Waals surface area (Å²) >= 11 is 0. The fourth-order valence-electron chi connectivity index (χ4n) is 3.21. The van der Waals surface area contributed by atoms with Crippen molar-refractivity contribution in [3.8, 4) is 0 Å². The van der Waals surface area contributed by atoms with Crippen LogP contribution in [0, 0.1) is 0 Å². The van der Waals surface area contributed by atoms with Crippen molar-refractivity contribution in [2.75, 3.05) is 23.7 Å². The second-order valence-electron chi connectivity index (χ2n) is 6.85. The molecule has 1 aliphatic rings. The van der Waals surface area contributed by atoms with Crippen LogP contribution in [0.15, 0.2) is 42.6 Å². The van der Waals surface area contributed by atoms with Crippen LogP contribution in [-0.2, 0) is 4.79 Å². The lowest BCUT2D eigenvalue weighted by molar-refractivity contribution is -0.114. The third-order valence-corrected chi connectivity index (χ3v) is 4.58. The van der Waals surface area contributed by atoms with Gasteiger partial charge >= 0.3 is 0 Å². The largest absolute Gasteiger partial charge is 0.337 e. The lowest BCUT2D eigenvalue weighted by Gasteiger charge is -2.19. The number of anilines is 2. The number of carbonyl (C=O) groups excluding carboxylic acids is 3. The number of benzene rings is 1. The van der Waals surface area contributed by atoms with Crippen molar-refractivity contribution in [1.82, 2.24) is 9.88 Å². The average molecular weight is 380 g/mol. The van der Waals surface area contributed by atoms with Crippen molar-refractivity contribution < 1.29 is 14.4 Å². The average Bonchev–Trinajstić information content (AvgIpc) is 2.97. The van der Waals surface area contributed by atoms with Gasteiger partial charge in [0, 0.05) is 43.1 Å². The van der Waals surface area contributed by atoms with Crippen LogP contribution in [0.2, 0.25) is 0 Å². The van der Waals surface area contributed by atoms with Crippen LogP contribution >= 0.6 is 0 Å². The minimum atomic E-state index is -0.340. The van der Waals surface area contributed by atoms with E-state index in [2.05, 4.69) is 15.6 Å². The molecule has 0 radical (unpaired) electrons. The number of nitrogens with one attached hydrogen (secondary N) is 2. The molecule has 2 heterocycles. The molecule has 2 N–H and O–H groups in total. The van der Waals surface area contributed by atoms with Gasteiger partial charge in [-0.25, -0.2) is 0 Å². The summed E-state index contributed by atoms with van der Waals surface area (Å²) in [7, 11) is 0. The maximum Gasteiger partial charge on any atom is 0.272 e. The van der Waals surface area contributed by atoms with Crippen LogP contribution < -0.4 is 10.6 Å². The minimum Gasteiger partial charge on any atom is -0.337 e. The zero-order valence-electron chi connectivity index (χ0n) is 15.9. The molecule has 146 valence electrons. The molecule has 0 aliphatic carbocycles. The number of nitrogens with zero attached hydrogens (tertiary/aromatic N) is 2. The Morgan fingerprint density at radius 2 is 1.61 bits per heavy atom. The first kappa shape index (κ1) is 19.5. The van der Waals surface area contributed by atoms with Gasteiger partial charge in [0.2, 0.25) is 5.91 Å². The molecule has 0 saturated carbocycles. The summed E-state index contributed by atoms with van der Waals surface area (Å²) in [6.45, 7) is 2.88. The number of hydrogen-bond donors (Lipinski definition) is 2. The van der Waals surface area contributed by atoms with Gasteiger partial charge in [0.1, 0.15) is 5.69 Å². The van der Waals surface area contributed by atoms with Crippen LogP contribution in [-0.4, -0.2) is 40.7 Å². The molecular formula is C21H24N4O3. The first-order valence-corrected chi connectivity index (χ1v) is 9.47. The van der Waals surface area contributed by atoms with Crippen molar-refractivity contribution in [1.29, 1.82) is 0 Å². The van der Waals surface area contributed by atoms with Crippen molar-refractivity contribution in [2.45, 2.75) is 32.6 Å². The van der Waals surface area contributed by atoms with Gasteiger partial charge in [-0.15, -0.1) is 0 Å². The Morgan fingerprint density at radius 3 is 2.29 bits per heavy atom. The van der Waals surface area contributed by atoms with E-state index in [0.717, 1.165) is 38.8 Å². The van der Waals surface area contributed by atoms with Crippen LogP contribution in [0.25, 0.3) is 0 Å². The third kappa shape index (κ3) is 5.16. The molecule has 2 aromatic rings. The maximum absolute atomic E-state index is 12.7. The highest BCUT2D eigenvalue weighted by Gasteiger charge is 2.19. The van der Waals surface area contributed by atoms with Gasteiger partial charge in [-0.2, -0.15) is 0 Å². The Kier molecular flexibility index (Phi) is 6.37. The molecule has 28 heavy (non-hydrogen) atoms. The zero-order valence-corrected chi connectivity index (χ0v) is 15.9. The second kappa shape index (κ2) is 9.12. The molecule has 0 bridgehead atoms. The summed E-state index contributed by atoms with van der Waals surface area (Å²) in [5.41, 5.74) is 1.78. The number of amides is 3. The van der Waals surface area contributed by atoms with E-state index in [0.29, 0.717) is 16.9 Å². The normalized spacial score (nSPS) is 14.1. The van der Waals surface area contributed by atoms with E-state index in [4.69, 9.17) is 0 Å². The quantitative estimate of drug-likeness (QED) is 0.851. The molecule has 1 aliphatic heterocycles. The molecule has 1 fully saturated rings. The van der Waals surface area contributed by atoms with Gasteiger partial charge in [-0.3, -0.25) is 19.4 Å². The van der Waals surface area contributed by atoms with Gasteiger partial charge < -0.3 is 15.5 Å². The van der Waals surface area contributed by atoms with E-state index in [1.165, 1.54) is 19.2 Å². The maximum atomic E-state index is 12.7. The van der Waals surface area contributed by atoms with Gasteiger partial charge in [0.15, 0.2) is 0 Å². The summed E-state index contributed by atoms with van der Waals surface area (Å²) < 4.78 is 0. The highest BCUT2D eigenvalue weighted by Crippen LogP contribution is 2.17. The molecule has 0 spiro atoms. The topological polar surface area (TPSA) is 91.4 Å². The molecule has 1 aromatic carbocycles. The van der Waals surface area contributed by atoms with Gasteiger partial charge in [0.25, 0.3) is 11.8 Å². The summed E-state index contributed by atoms with van der Waals surface area (Å²) in [6, 6.07) is 9.98. The van der Waals surface area contributed by atoms with Crippen LogP contribution in [0.1, 0.15) is 53.5 Å².